The molecule has 0 unspecified atom stereocenters. The third-order valence-electron chi connectivity index (χ3n) is 2.91. The molecule has 3 atom stereocenters. The van der Waals surface area contributed by atoms with Crippen LogP contribution < -0.4 is 11.2 Å². The van der Waals surface area contributed by atoms with Gasteiger partial charge < -0.3 is 14.9 Å². The number of aromatic nitrogens is 2. The third-order valence-corrected chi connectivity index (χ3v) is 3.25. The fraction of sp³-hybridized carbons (Fsp3) is 0.600. The SMILES string of the molecule is O=c1[nH]c(=O)n([C@H]2C[C@H](O)[C@@H](CO)O2)cc1CS. The molecule has 18 heavy (non-hydrogen) atoms. The van der Waals surface area contributed by atoms with E-state index < -0.39 is 29.7 Å². The van der Waals surface area contributed by atoms with Crippen molar-refractivity contribution in [3.63, 3.8) is 0 Å². The largest absolute Gasteiger partial charge is 0.394 e. The average molecular weight is 274 g/mol. The summed E-state index contributed by atoms with van der Waals surface area (Å²) in [5.41, 5.74) is -0.756. The molecule has 0 saturated carbocycles. The van der Waals surface area contributed by atoms with Crippen LogP contribution in [0.3, 0.4) is 0 Å². The van der Waals surface area contributed by atoms with Gasteiger partial charge in [-0.2, -0.15) is 12.6 Å². The Kier molecular flexibility index (Phi) is 3.91. The minimum absolute atomic E-state index is 0.184. The van der Waals surface area contributed by atoms with Gasteiger partial charge in [0.1, 0.15) is 12.3 Å². The predicted octanol–water partition coefficient (Wildman–Crippen LogP) is -1.39. The van der Waals surface area contributed by atoms with Crippen molar-refractivity contribution in [1.82, 2.24) is 9.55 Å². The normalized spacial score (nSPS) is 27.6. The van der Waals surface area contributed by atoms with Gasteiger partial charge in [0, 0.05) is 23.9 Å². The average Bonchev–Trinajstić information content (AvgIpc) is 2.70. The lowest BCUT2D eigenvalue weighted by atomic mass is 10.2. The zero-order valence-corrected chi connectivity index (χ0v) is 10.3. The van der Waals surface area contributed by atoms with E-state index in [9.17, 15) is 14.7 Å². The number of hydrogen-bond donors (Lipinski definition) is 4. The molecule has 8 heteroatoms. The third kappa shape index (κ3) is 2.37. The molecule has 2 heterocycles. The molecule has 2 rings (SSSR count). The Morgan fingerprint density at radius 3 is 2.83 bits per heavy atom. The molecule has 0 radical (unpaired) electrons. The summed E-state index contributed by atoms with van der Waals surface area (Å²) in [6.45, 7) is -0.324. The second-order valence-electron chi connectivity index (χ2n) is 4.09. The highest BCUT2D eigenvalue weighted by Gasteiger charge is 2.35. The summed E-state index contributed by atoms with van der Waals surface area (Å²) in [5.74, 6) is 0.189. The Morgan fingerprint density at radius 1 is 1.56 bits per heavy atom. The zero-order chi connectivity index (χ0) is 13.3. The molecule has 1 saturated heterocycles. The Morgan fingerprint density at radius 2 is 2.28 bits per heavy atom. The van der Waals surface area contributed by atoms with Crippen LogP contribution in [0.2, 0.25) is 0 Å². The quantitative estimate of drug-likeness (QED) is 0.508. The lowest BCUT2D eigenvalue weighted by molar-refractivity contribution is -0.0459. The number of aromatic amines is 1. The molecule has 0 aromatic carbocycles. The molecule has 0 aliphatic carbocycles. The standard InChI is InChI=1S/C10H14N2O5S/c13-3-7-6(14)1-8(17-7)12-2-5(4-18)9(15)11-10(12)16/h2,6-8,13-14,18H,1,3-4H2,(H,11,15,16)/t6-,7+,8+/m0/s1. The predicted molar refractivity (Wildman–Crippen MR) is 65.6 cm³/mol. The number of aliphatic hydroxyl groups is 2. The highest BCUT2D eigenvalue weighted by atomic mass is 32.1. The summed E-state index contributed by atoms with van der Waals surface area (Å²) in [5, 5.41) is 18.6. The first-order valence-electron chi connectivity index (χ1n) is 5.46. The first-order valence-corrected chi connectivity index (χ1v) is 6.09. The van der Waals surface area contributed by atoms with Crippen molar-refractivity contribution in [3.8, 4) is 0 Å². The number of rotatable bonds is 3. The smallest absolute Gasteiger partial charge is 0.330 e. The maximum Gasteiger partial charge on any atom is 0.330 e. The molecule has 3 N–H and O–H groups in total. The van der Waals surface area contributed by atoms with Crippen LogP contribution >= 0.6 is 12.6 Å². The van der Waals surface area contributed by atoms with Crippen LogP contribution in [0.15, 0.2) is 15.8 Å². The molecule has 0 spiro atoms. The van der Waals surface area contributed by atoms with E-state index in [2.05, 4.69) is 17.6 Å². The number of aliphatic hydroxyl groups excluding tert-OH is 2. The van der Waals surface area contributed by atoms with E-state index >= 15 is 0 Å². The fourth-order valence-corrected chi connectivity index (χ4v) is 2.13. The summed E-state index contributed by atoms with van der Waals surface area (Å²) in [6, 6.07) is 0. The van der Waals surface area contributed by atoms with Crippen LogP contribution in [0.5, 0.6) is 0 Å². The Hall–Kier alpha value is -1.09. The molecular weight excluding hydrogens is 260 g/mol. The summed E-state index contributed by atoms with van der Waals surface area (Å²) in [4.78, 5) is 25.2. The van der Waals surface area contributed by atoms with Crippen LogP contribution in [0.1, 0.15) is 18.2 Å². The van der Waals surface area contributed by atoms with Gasteiger partial charge in [-0.15, -0.1) is 0 Å². The van der Waals surface area contributed by atoms with Gasteiger partial charge in [0.15, 0.2) is 0 Å². The van der Waals surface area contributed by atoms with E-state index in [0.717, 1.165) is 0 Å². The molecule has 1 aliphatic rings. The molecule has 1 fully saturated rings. The summed E-state index contributed by atoms with van der Waals surface area (Å²) in [7, 11) is 0. The second-order valence-corrected chi connectivity index (χ2v) is 4.41. The van der Waals surface area contributed by atoms with Gasteiger partial charge in [-0.1, -0.05) is 0 Å². The van der Waals surface area contributed by atoms with Crippen LogP contribution in [0.4, 0.5) is 0 Å². The van der Waals surface area contributed by atoms with E-state index in [1.807, 2.05) is 0 Å². The zero-order valence-electron chi connectivity index (χ0n) is 9.44. The van der Waals surface area contributed by atoms with Crippen molar-refractivity contribution >= 4 is 12.6 Å². The lowest BCUT2D eigenvalue weighted by Gasteiger charge is -2.14. The number of nitrogens with one attached hydrogen (secondary N) is 1. The Balaban J connectivity index is 2.35. The van der Waals surface area contributed by atoms with Gasteiger partial charge in [-0.25, -0.2) is 4.79 Å². The van der Waals surface area contributed by atoms with Crippen LogP contribution in [-0.2, 0) is 10.5 Å². The van der Waals surface area contributed by atoms with Crippen molar-refractivity contribution in [3.05, 3.63) is 32.6 Å². The molecule has 1 aromatic heterocycles. The first-order chi connectivity index (χ1) is 8.56. The summed E-state index contributed by atoms with van der Waals surface area (Å²) >= 11 is 3.99. The summed E-state index contributed by atoms with van der Waals surface area (Å²) in [6.07, 6.45) is -0.694. The first kappa shape index (κ1) is 13.3. The van der Waals surface area contributed by atoms with Gasteiger partial charge >= 0.3 is 5.69 Å². The maximum atomic E-state index is 11.7. The van der Waals surface area contributed by atoms with E-state index in [1.54, 1.807) is 0 Å². The molecule has 100 valence electrons. The van der Waals surface area contributed by atoms with Crippen molar-refractivity contribution in [1.29, 1.82) is 0 Å². The van der Waals surface area contributed by atoms with Crippen LogP contribution in [-0.4, -0.2) is 38.6 Å². The molecule has 0 bridgehead atoms. The molecule has 1 aliphatic heterocycles. The van der Waals surface area contributed by atoms with E-state index in [1.165, 1.54) is 10.8 Å². The Labute approximate surface area is 107 Å². The number of ether oxygens (including phenoxy) is 1. The van der Waals surface area contributed by atoms with E-state index in [0.29, 0.717) is 5.56 Å². The van der Waals surface area contributed by atoms with Crippen molar-refractivity contribution < 1.29 is 14.9 Å². The fourth-order valence-electron chi connectivity index (χ4n) is 1.90. The maximum absolute atomic E-state index is 11.7. The second kappa shape index (κ2) is 5.27. The van der Waals surface area contributed by atoms with Gasteiger partial charge in [-0.05, 0) is 0 Å². The van der Waals surface area contributed by atoms with Crippen molar-refractivity contribution in [2.45, 2.75) is 30.6 Å². The topological polar surface area (TPSA) is 105 Å². The van der Waals surface area contributed by atoms with E-state index in [-0.39, 0.29) is 18.8 Å². The number of hydrogen-bond acceptors (Lipinski definition) is 6. The molecule has 1 aromatic rings. The molecule has 0 amide bonds. The van der Waals surface area contributed by atoms with Gasteiger partial charge in [0.25, 0.3) is 5.56 Å². The Bertz CT molecular complexity index is 540. The monoisotopic (exact) mass is 274 g/mol. The van der Waals surface area contributed by atoms with Crippen LogP contribution in [0.25, 0.3) is 0 Å². The highest BCUT2D eigenvalue weighted by molar-refractivity contribution is 7.79. The van der Waals surface area contributed by atoms with Gasteiger partial charge in [0.05, 0.1) is 12.7 Å². The highest BCUT2D eigenvalue weighted by Crippen LogP contribution is 2.27. The molecular formula is C10H14N2O5S. The molecule has 7 nitrogen and oxygen atoms in total. The minimum Gasteiger partial charge on any atom is -0.394 e. The number of H-pyrrole nitrogens is 1. The minimum atomic E-state index is -0.835. The van der Waals surface area contributed by atoms with Crippen molar-refractivity contribution in [2.24, 2.45) is 0 Å². The van der Waals surface area contributed by atoms with Gasteiger partial charge in [-0.3, -0.25) is 14.3 Å². The number of nitrogens with zero attached hydrogens (tertiary/aromatic N) is 1. The van der Waals surface area contributed by atoms with Crippen molar-refractivity contribution in [2.75, 3.05) is 6.61 Å². The van der Waals surface area contributed by atoms with Gasteiger partial charge in [0.2, 0.25) is 0 Å². The van der Waals surface area contributed by atoms with Crippen LogP contribution in [0, 0.1) is 0 Å². The lowest BCUT2D eigenvalue weighted by Crippen LogP contribution is -2.34. The van der Waals surface area contributed by atoms with E-state index in [4.69, 9.17) is 9.84 Å². The number of thiol groups is 1. The summed E-state index contributed by atoms with van der Waals surface area (Å²) < 4.78 is 6.55.